The molecule has 2 aromatic carbocycles. The molecule has 1 aliphatic rings. The van der Waals surface area contributed by atoms with Crippen LogP contribution in [0.5, 0.6) is 5.75 Å². The van der Waals surface area contributed by atoms with E-state index in [1.54, 1.807) is 50.2 Å². The third kappa shape index (κ3) is 6.53. The largest absolute Gasteiger partial charge is 0.497 e. The number of methoxy groups -OCH3 is 1. The van der Waals surface area contributed by atoms with E-state index >= 15 is 0 Å². The van der Waals surface area contributed by atoms with Crippen LogP contribution >= 0.6 is 0 Å². The van der Waals surface area contributed by atoms with Crippen LogP contribution < -0.4 is 20.7 Å². The lowest BCUT2D eigenvalue weighted by Gasteiger charge is -2.29. The maximum absolute atomic E-state index is 12.8. The number of carbonyl (C=O) groups excluding carboxylic acids is 4. The van der Waals surface area contributed by atoms with Crippen molar-refractivity contribution in [2.24, 2.45) is 0 Å². The Morgan fingerprint density at radius 3 is 2.33 bits per heavy atom. The zero-order valence-electron chi connectivity index (χ0n) is 20.1. The van der Waals surface area contributed by atoms with E-state index in [1.165, 1.54) is 19.2 Å². The molecule has 1 unspecified atom stereocenters. The fraction of sp³-hybridized carbons (Fsp3) is 0.280. The number of esters is 2. The van der Waals surface area contributed by atoms with Crippen molar-refractivity contribution < 1.29 is 38.1 Å². The monoisotopic (exact) mass is 497 g/mol. The van der Waals surface area contributed by atoms with E-state index in [0.29, 0.717) is 17.0 Å². The Balaban J connectivity index is 1.84. The fourth-order valence-corrected chi connectivity index (χ4v) is 3.46. The summed E-state index contributed by atoms with van der Waals surface area (Å²) in [5.41, 5.74) is 1.29. The quantitative estimate of drug-likeness (QED) is 0.354. The van der Waals surface area contributed by atoms with Gasteiger partial charge in [0.1, 0.15) is 12.4 Å². The van der Waals surface area contributed by atoms with E-state index in [0.717, 1.165) is 0 Å². The van der Waals surface area contributed by atoms with Gasteiger partial charge < -0.3 is 29.6 Å². The van der Waals surface area contributed by atoms with Gasteiger partial charge in [0.05, 0.1) is 43.2 Å². The van der Waals surface area contributed by atoms with Crippen LogP contribution in [0.25, 0.3) is 0 Å². The second kappa shape index (κ2) is 12.2. The van der Waals surface area contributed by atoms with E-state index < -0.39 is 36.7 Å². The first-order valence-electron chi connectivity index (χ1n) is 11.2. The molecule has 3 rings (SSSR count). The first kappa shape index (κ1) is 26.1. The molecule has 1 heterocycles. The molecule has 0 saturated carbocycles. The van der Waals surface area contributed by atoms with Crippen LogP contribution in [0.3, 0.4) is 0 Å². The van der Waals surface area contributed by atoms with Crippen LogP contribution in [0.4, 0.5) is 15.3 Å². The third-order valence-electron chi connectivity index (χ3n) is 5.07. The summed E-state index contributed by atoms with van der Waals surface area (Å²) >= 11 is 0. The highest BCUT2D eigenvalue weighted by atomic mass is 16.5. The topological polar surface area (TPSA) is 141 Å². The predicted molar refractivity (Wildman–Crippen MR) is 128 cm³/mol. The van der Waals surface area contributed by atoms with Gasteiger partial charge >= 0.3 is 24.1 Å². The van der Waals surface area contributed by atoms with Gasteiger partial charge in [-0.1, -0.05) is 18.2 Å². The molecule has 0 aromatic heterocycles. The van der Waals surface area contributed by atoms with Gasteiger partial charge in [-0.05, 0) is 49.7 Å². The first-order chi connectivity index (χ1) is 17.4. The lowest BCUT2D eigenvalue weighted by Crippen LogP contribution is -2.47. The Bertz CT molecular complexity index is 1160. The number of rotatable bonds is 9. The Morgan fingerprint density at radius 1 is 0.944 bits per heavy atom. The smallest absolute Gasteiger partial charge is 0.411 e. The number of amides is 3. The highest BCUT2D eigenvalue weighted by Crippen LogP contribution is 2.29. The molecule has 0 fully saturated rings. The molecule has 1 atom stereocenters. The number of ether oxygens (including phenoxy) is 4. The molecule has 11 nitrogen and oxygen atoms in total. The zero-order valence-corrected chi connectivity index (χ0v) is 20.1. The lowest BCUT2D eigenvalue weighted by molar-refractivity contribution is -0.139. The summed E-state index contributed by atoms with van der Waals surface area (Å²) in [5, 5.41) is 7.75. The molecule has 2 aromatic rings. The summed E-state index contributed by atoms with van der Waals surface area (Å²) in [4.78, 5) is 49.6. The molecular formula is C25H27N3O8. The number of hydrogen-bond donors (Lipinski definition) is 3. The van der Waals surface area contributed by atoms with Crippen LogP contribution in [0, 0.1) is 0 Å². The van der Waals surface area contributed by atoms with Crippen molar-refractivity contribution >= 4 is 29.8 Å². The average molecular weight is 498 g/mol. The summed E-state index contributed by atoms with van der Waals surface area (Å²) in [6, 6.07) is 11.5. The number of urea groups is 1. The van der Waals surface area contributed by atoms with Gasteiger partial charge in [0.2, 0.25) is 0 Å². The van der Waals surface area contributed by atoms with Crippen molar-refractivity contribution in [3.8, 4) is 5.75 Å². The van der Waals surface area contributed by atoms with Gasteiger partial charge in [0.25, 0.3) is 0 Å². The molecule has 1 aliphatic heterocycles. The average Bonchev–Trinajstić information content (AvgIpc) is 2.87. The zero-order chi connectivity index (χ0) is 26.1. The third-order valence-corrected chi connectivity index (χ3v) is 5.07. The van der Waals surface area contributed by atoms with Crippen LogP contribution in [0.15, 0.2) is 59.8 Å². The molecule has 0 spiro atoms. The fourth-order valence-electron chi connectivity index (χ4n) is 3.46. The Morgan fingerprint density at radius 2 is 1.67 bits per heavy atom. The molecule has 3 amide bonds. The molecule has 36 heavy (non-hydrogen) atoms. The maximum atomic E-state index is 12.8. The van der Waals surface area contributed by atoms with Gasteiger partial charge in [-0.3, -0.25) is 5.32 Å². The van der Waals surface area contributed by atoms with Crippen molar-refractivity contribution in [1.82, 2.24) is 10.6 Å². The summed E-state index contributed by atoms with van der Waals surface area (Å²) in [6.45, 7) is 3.24. The number of carbonyl (C=O) groups is 4. The standard InChI is InChI=1S/C25H27N3O8/c1-4-34-23(30)20-19(27-24(31)28-21(20)15-9-11-18(33-3)12-10-15)14-36-22(29)16-7-6-8-17(13-16)26-25(32)35-5-2/h6-13,21H,4-5,14H2,1-3H3,(H,26,32)(H2,27,28,31). The van der Waals surface area contributed by atoms with Crippen molar-refractivity contribution in [2.75, 3.05) is 32.2 Å². The highest BCUT2D eigenvalue weighted by molar-refractivity contribution is 5.96. The molecule has 3 N–H and O–H groups in total. The number of anilines is 1. The van der Waals surface area contributed by atoms with Crippen LogP contribution in [-0.2, 0) is 19.0 Å². The first-order valence-corrected chi connectivity index (χ1v) is 11.2. The molecular weight excluding hydrogens is 470 g/mol. The molecule has 190 valence electrons. The molecule has 0 aliphatic carbocycles. The van der Waals surface area contributed by atoms with Crippen LogP contribution in [0.2, 0.25) is 0 Å². The van der Waals surface area contributed by atoms with Gasteiger partial charge in [-0.2, -0.15) is 0 Å². The van der Waals surface area contributed by atoms with Crippen LogP contribution in [0.1, 0.15) is 35.8 Å². The summed E-state index contributed by atoms with van der Waals surface area (Å²) in [7, 11) is 1.53. The lowest BCUT2D eigenvalue weighted by atomic mass is 9.95. The molecule has 11 heteroatoms. The second-order valence-electron chi connectivity index (χ2n) is 7.42. The van der Waals surface area contributed by atoms with E-state index in [2.05, 4.69) is 16.0 Å². The van der Waals surface area contributed by atoms with Gasteiger partial charge in [-0.25, -0.2) is 19.2 Å². The van der Waals surface area contributed by atoms with Gasteiger partial charge in [-0.15, -0.1) is 0 Å². The second-order valence-corrected chi connectivity index (χ2v) is 7.42. The molecule has 0 saturated heterocycles. The predicted octanol–water partition coefficient (Wildman–Crippen LogP) is 3.29. The maximum Gasteiger partial charge on any atom is 0.411 e. The van der Waals surface area contributed by atoms with Gasteiger partial charge in [0.15, 0.2) is 0 Å². The minimum atomic E-state index is -0.838. The Labute approximate surface area is 207 Å². The SMILES string of the molecule is CCOC(=O)Nc1cccc(C(=O)OCC2=C(C(=O)OCC)C(c3ccc(OC)cc3)NC(=O)N2)c1. The van der Waals surface area contributed by atoms with E-state index in [-0.39, 0.29) is 30.0 Å². The highest BCUT2D eigenvalue weighted by Gasteiger charge is 2.34. The number of hydrogen-bond acceptors (Lipinski definition) is 8. The summed E-state index contributed by atoms with van der Waals surface area (Å²) in [5.74, 6) is -0.793. The normalized spacial score (nSPS) is 14.8. The summed E-state index contributed by atoms with van der Waals surface area (Å²) < 4.78 is 20.6. The number of nitrogens with one attached hydrogen (secondary N) is 3. The minimum Gasteiger partial charge on any atom is -0.497 e. The minimum absolute atomic E-state index is 0.0900. The van der Waals surface area contributed by atoms with Crippen molar-refractivity contribution in [2.45, 2.75) is 19.9 Å². The van der Waals surface area contributed by atoms with Gasteiger partial charge in [0, 0.05) is 5.69 Å². The van der Waals surface area contributed by atoms with E-state index in [9.17, 15) is 19.2 Å². The Kier molecular flexibility index (Phi) is 8.87. The van der Waals surface area contributed by atoms with E-state index in [4.69, 9.17) is 18.9 Å². The Hall–Kier alpha value is -4.54. The van der Waals surface area contributed by atoms with Crippen molar-refractivity contribution in [3.63, 3.8) is 0 Å². The van der Waals surface area contributed by atoms with Crippen molar-refractivity contribution in [1.29, 1.82) is 0 Å². The summed E-state index contributed by atoms with van der Waals surface area (Å²) in [6.07, 6.45) is -0.658. The number of benzene rings is 2. The molecule has 0 bridgehead atoms. The molecule has 0 radical (unpaired) electrons. The van der Waals surface area contributed by atoms with E-state index in [1.807, 2.05) is 0 Å². The van der Waals surface area contributed by atoms with Crippen molar-refractivity contribution in [3.05, 3.63) is 70.9 Å². The van der Waals surface area contributed by atoms with Crippen LogP contribution in [-0.4, -0.2) is 51.0 Å².